The van der Waals surface area contributed by atoms with Crippen molar-refractivity contribution in [3.63, 3.8) is 0 Å². The largest absolute Gasteiger partial charge is 0.407 e. The van der Waals surface area contributed by atoms with E-state index in [1.807, 2.05) is 13.8 Å². The zero-order chi connectivity index (χ0) is 18.7. The highest BCUT2D eigenvalue weighted by Gasteiger charge is 2.61. The molecule has 0 radical (unpaired) electrons. The predicted molar refractivity (Wildman–Crippen MR) is 87.5 cm³/mol. The fourth-order valence-corrected chi connectivity index (χ4v) is 3.18. The van der Waals surface area contributed by atoms with E-state index in [2.05, 4.69) is 10.6 Å². The van der Waals surface area contributed by atoms with Crippen LogP contribution in [0.5, 0.6) is 0 Å². The van der Waals surface area contributed by atoms with Crippen molar-refractivity contribution in [2.75, 3.05) is 6.54 Å². The first-order chi connectivity index (χ1) is 11.8. The first-order valence-electron chi connectivity index (χ1n) is 8.37. The van der Waals surface area contributed by atoms with E-state index in [0.717, 1.165) is 12.0 Å². The fraction of sp³-hybridized carbons (Fsp3) is 0.556. The number of rotatable bonds is 7. The molecule has 4 nitrogen and oxygen atoms in total. The van der Waals surface area contributed by atoms with Crippen LogP contribution in [0.15, 0.2) is 24.3 Å². The van der Waals surface area contributed by atoms with E-state index in [4.69, 9.17) is 5.26 Å². The van der Waals surface area contributed by atoms with Crippen LogP contribution in [0.4, 0.5) is 13.2 Å². The molecule has 1 unspecified atom stereocenters. The van der Waals surface area contributed by atoms with E-state index in [0.29, 0.717) is 12.8 Å². The first-order valence-corrected chi connectivity index (χ1v) is 8.37. The average Bonchev–Trinajstić information content (AvgIpc) is 3.31. The van der Waals surface area contributed by atoms with Gasteiger partial charge in [0, 0.05) is 0 Å². The number of carbonyl (C=O) groups excluding carboxylic acids is 1. The maximum absolute atomic E-state index is 13.6. The number of alkyl halides is 3. The molecule has 1 aliphatic carbocycles. The minimum absolute atomic E-state index is 0.0823. The number of hydrogen-bond donors (Lipinski definition) is 2. The quantitative estimate of drug-likeness (QED) is 0.740. The molecule has 0 bridgehead atoms. The lowest BCUT2D eigenvalue weighted by Crippen LogP contribution is -2.52. The molecule has 7 heteroatoms. The zero-order valence-electron chi connectivity index (χ0n) is 14.3. The van der Waals surface area contributed by atoms with Gasteiger partial charge < -0.3 is 5.32 Å². The summed E-state index contributed by atoms with van der Waals surface area (Å²) in [5, 5.41) is 13.6. The molecule has 1 aromatic rings. The van der Waals surface area contributed by atoms with E-state index < -0.39 is 23.7 Å². The van der Waals surface area contributed by atoms with E-state index in [1.165, 1.54) is 12.1 Å². The van der Waals surface area contributed by atoms with Crippen LogP contribution in [0.3, 0.4) is 0 Å². The second-order valence-corrected chi connectivity index (χ2v) is 6.34. The molecule has 1 aromatic carbocycles. The summed E-state index contributed by atoms with van der Waals surface area (Å²) in [7, 11) is 0. The topological polar surface area (TPSA) is 64.9 Å². The van der Waals surface area contributed by atoms with Crippen LogP contribution in [0.1, 0.15) is 43.9 Å². The highest BCUT2D eigenvalue weighted by Crippen LogP contribution is 2.49. The molecule has 1 aliphatic rings. The Morgan fingerprint density at radius 2 is 2.00 bits per heavy atom. The lowest BCUT2D eigenvalue weighted by atomic mass is 10.0. The van der Waals surface area contributed by atoms with Gasteiger partial charge in [0.2, 0.25) is 5.91 Å². The smallest absolute Gasteiger partial charge is 0.341 e. The second kappa shape index (κ2) is 7.44. The van der Waals surface area contributed by atoms with Crippen LogP contribution in [0.25, 0.3) is 0 Å². The molecule has 1 fully saturated rings. The maximum atomic E-state index is 13.6. The monoisotopic (exact) mass is 353 g/mol. The van der Waals surface area contributed by atoms with Crippen molar-refractivity contribution in [3.05, 3.63) is 35.4 Å². The second-order valence-electron chi connectivity index (χ2n) is 6.34. The molecule has 25 heavy (non-hydrogen) atoms. The van der Waals surface area contributed by atoms with Gasteiger partial charge in [-0.2, -0.15) is 18.4 Å². The number of amides is 1. The van der Waals surface area contributed by atoms with Crippen LogP contribution < -0.4 is 10.6 Å². The normalized spacial score (nSPS) is 23.6. The van der Waals surface area contributed by atoms with E-state index >= 15 is 0 Å². The van der Waals surface area contributed by atoms with Gasteiger partial charge in [-0.25, -0.2) is 0 Å². The van der Waals surface area contributed by atoms with Gasteiger partial charge in [0.15, 0.2) is 0 Å². The van der Waals surface area contributed by atoms with Crippen molar-refractivity contribution in [1.29, 1.82) is 5.26 Å². The summed E-state index contributed by atoms with van der Waals surface area (Å²) in [6.07, 6.45) is -2.87. The van der Waals surface area contributed by atoms with Gasteiger partial charge >= 0.3 is 6.18 Å². The summed E-state index contributed by atoms with van der Waals surface area (Å²) in [4.78, 5) is 12.4. The van der Waals surface area contributed by atoms with Crippen LogP contribution in [0, 0.1) is 17.2 Å². The zero-order valence-corrected chi connectivity index (χ0v) is 14.3. The number of carbonyl (C=O) groups is 1. The highest BCUT2D eigenvalue weighted by atomic mass is 19.4. The lowest BCUT2D eigenvalue weighted by molar-refractivity contribution is -0.162. The van der Waals surface area contributed by atoms with Crippen LogP contribution >= 0.6 is 0 Å². The Labute approximate surface area is 145 Å². The number of nitrogens with one attached hydrogen (secondary N) is 2. The number of nitrogens with zero attached hydrogens (tertiary/aromatic N) is 1. The van der Waals surface area contributed by atoms with Crippen molar-refractivity contribution in [2.45, 2.75) is 50.9 Å². The van der Waals surface area contributed by atoms with Crippen molar-refractivity contribution in [1.82, 2.24) is 10.6 Å². The third-order valence-electron chi connectivity index (χ3n) is 4.78. The number of benzene rings is 1. The Hall–Kier alpha value is -2.07. The highest BCUT2D eigenvalue weighted by molar-refractivity contribution is 5.90. The summed E-state index contributed by atoms with van der Waals surface area (Å²) in [6, 6.07) is 6.09. The van der Waals surface area contributed by atoms with Gasteiger partial charge in [-0.05, 0) is 29.9 Å². The Kier molecular flexibility index (Phi) is 5.73. The molecule has 0 heterocycles. The molecule has 3 atom stereocenters. The maximum Gasteiger partial charge on any atom is 0.407 e. The molecule has 0 aliphatic heterocycles. The molecular weight excluding hydrogens is 331 g/mol. The Morgan fingerprint density at radius 3 is 2.44 bits per heavy atom. The van der Waals surface area contributed by atoms with Gasteiger partial charge in [0.25, 0.3) is 0 Å². The third kappa shape index (κ3) is 4.13. The minimum atomic E-state index is -4.53. The van der Waals surface area contributed by atoms with E-state index in [-0.39, 0.29) is 18.0 Å². The standard InChI is InChI=1S/C18H22F3N3O/c1-3-12-5-7-13(8-6-12)15(18(19,20)21)24-17(11-14(17)4-2)16(25)23-10-9-22/h5-8,14-15,24H,3-4,10-11H2,1-2H3,(H,23,25)/t14-,15+,17?/m1/s1. The van der Waals surface area contributed by atoms with Gasteiger partial charge in [0.1, 0.15) is 18.1 Å². The van der Waals surface area contributed by atoms with Crippen LogP contribution in [-0.2, 0) is 11.2 Å². The van der Waals surface area contributed by atoms with Gasteiger partial charge in [0.05, 0.1) is 6.07 Å². The summed E-state index contributed by atoms with van der Waals surface area (Å²) in [5.74, 6) is -0.716. The van der Waals surface area contributed by atoms with E-state index in [9.17, 15) is 18.0 Å². The average molecular weight is 353 g/mol. The molecule has 1 saturated carbocycles. The molecule has 0 saturated heterocycles. The minimum Gasteiger partial charge on any atom is -0.341 e. The number of hydrogen-bond acceptors (Lipinski definition) is 3. The Balaban J connectivity index is 2.28. The van der Waals surface area contributed by atoms with Crippen LogP contribution in [0.2, 0.25) is 0 Å². The summed E-state index contributed by atoms with van der Waals surface area (Å²) < 4.78 is 40.9. The molecule has 2 rings (SSSR count). The van der Waals surface area contributed by atoms with Crippen molar-refractivity contribution in [3.8, 4) is 6.07 Å². The number of aryl methyl sites for hydroxylation is 1. The van der Waals surface area contributed by atoms with Gasteiger partial charge in [-0.1, -0.05) is 44.5 Å². The molecule has 136 valence electrons. The van der Waals surface area contributed by atoms with Gasteiger partial charge in [-0.15, -0.1) is 0 Å². The summed E-state index contributed by atoms with van der Waals surface area (Å²) in [5.41, 5.74) is -0.238. The molecular formula is C18H22F3N3O. The van der Waals surface area contributed by atoms with Gasteiger partial charge in [-0.3, -0.25) is 10.1 Å². The Bertz CT molecular complexity index is 651. The molecule has 0 spiro atoms. The molecule has 1 amide bonds. The van der Waals surface area contributed by atoms with E-state index in [1.54, 1.807) is 18.2 Å². The number of halogens is 3. The van der Waals surface area contributed by atoms with Crippen LogP contribution in [-0.4, -0.2) is 24.2 Å². The molecule has 0 aromatic heterocycles. The number of nitriles is 1. The SMILES string of the molecule is CCc1ccc([C@H](NC2(C(=O)NCC#N)C[C@H]2CC)C(F)(F)F)cc1. The lowest BCUT2D eigenvalue weighted by Gasteiger charge is -2.28. The summed E-state index contributed by atoms with van der Waals surface area (Å²) >= 11 is 0. The fourth-order valence-electron chi connectivity index (χ4n) is 3.18. The molecule has 2 N–H and O–H groups in total. The summed E-state index contributed by atoms with van der Waals surface area (Å²) in [6.45, 7) is 3.55. The van der Waals surface area contributed by atoms with Crippen molar-refractivity contribution in [2.24, 2.45) is 5.92 Å². The first kappa shape index (κ1) is 19.3. The predicted octanol–water partition coefficient (Wildman–Crippen LogP) is 3.25. The third-order valence-corrected chi connectivity index (χ3v) is 4.78. The Morgan fingerprint density at radius 1 is 1.36 bits per heavy atom. The van der Waals surface area contributed by atoms with Crippen molar-refractivity contribution >= 4 is 5.91 Å². The van der Waals surface area contributed by atoms with Crippen molar-refractivity contribution < 1.29 is 18.0 Å².